The van der Waals surface area contributed by atoms with E-state index >= 15 is 0 Å². The van der Waals surface area contributed by atoms with Gasteiger partial charge in [-0.2, -0.15) is 0 Å². The Balaban J connectivity index is 1.65. The van der Waals surface area contributed by atoms with Gasteiger partial charge in [-0.05, 0) is 55.7 Å². The molecule has 0 N–H and O–H groups in total. The molecule has 0 bridgehead atoms. The molecule has 0 atom stereocenters. The largest absolute Gasteiger partial charge is 0.493 e. The maximum absolute atomic E-state index is 12.7. The van der Waals surface area contributed by atoms with Crippen LogP contribution in [0, 0.1) is 0 Å². The van der Waals surface area contributed by atoms with Gasteiger partial charge in [0.25, 0.3) is 5.91 Å². The molecule has 0 saturated heterocycles. The first-order valence-corrected chi connectivity index (χ1v) is 10.9. The lowest BCUT2D eigenvalue weighted by molar-refractivity contribution is -0.135. The normalized spacial score (nSPS) is 12.8. The fourth-order valence-electron chi connectivity index (χ4n) is 3.59. The molecule has 9 heteroatoms. The predicted octanol–water partition coefficient (Wildman–Crippen LogP) is 3.89. The Kier molecular flexibility index (Phi) is 7.92. The Morgan fingerprint density at radius 1 is 0.970 bits per heavy atom. The molecule has 0 fully saturated rings. The Morgan fingerprint density at radius 3 is 2.21 bits per heavy atom. The molecule has 1 aliphatic rings. The number of esters is 1. The van der Waals surface area contributed by atoms with Crippen LogP contribution in [0.25, 0.3) is 0 Å². The molecule has 0 aromatic heterocycles. The number of halogens is 1. The number of amides is 1. The number of carbonyl (C=O) groups is 2. The van der Waals surface area contributed by atoms with Crippen molar-refractivity contribution in [2.75, 3.05) is 34.5 Å². The standard InChI is InChI=1S/C24H28ClNO7/c1-14(2)33-23-18(25)8-16(10-21(23)31-5)24(28)32-13-22(27)26-7-6-15-9-19(29-3)20(30-4)11-17(15)12-26/h8-11,14H,6-7,12-13H2,1-5H3. The second kappa shape index (κ2) is 10.7. The van der Waals surface area contributed by atoms with Crippen molar-refractivity contribution >= 4 is 23.5 Å². The van der Waals surface area contributed by atoms with Gasteiger partial charge in [0, 0.05) is 13.1 Å². The van der Waals surface area contributed by atoms with E-state index in [-0.39, 0.29) is 29.2 Å². The molecule has 2 aromatic rings. The van der Waals surface area contributed by atoms with E-state index in [1.165, 1.54) is 19.2 Å². The predicted molar refractivity (Wildman–Crippen MR) is 123 cm³/mol. The molecule has 1 aliphatic heterocycles. The van der Waals surface area contributed by atoms with Crippen LogP contribution in [-0.4, -0.2) is 57.4 Å². The van der Waals surface area contributed by atoms with E-state index in [1.54, 1.807) is 19.1 Å². The first kappa shape index (κ1) is 24.5. The minimum atomic E-state index is -0.677. The lowest BCUT2D eigenvalue weighted by Gasteiger charge is -2.29. The van der Waals surface area contributed by atoms with E-state index in [2.05, 4.69) is 0 Å². The molecule has 2 aromatic carbocycles. The second-order valence-corrected chi connectivity index (χ2v) is 8.18. The Bertz CT molecular complexity index is 1040. The highest BCUT2D eigenvalue weighted by molar-refractivity contribution is 6.32. The van der Waals surface area contributed by atoms with Gasteiger partial charge in [-0.15, -0.1) is 0 Å². The molecule has 1 heterocycles. The molecule has 0 saturated carbocycles. The summed E-state index contributed by atoms with van der Waals surface area (Å²) >= 11 is 6.27. The van der Waals surface area contributed by atoms with Gasteiger partial charge in [-0.25, -0.2) is 4.79 Å². The topological polar surface area (TPSA) is 83.5 Å². The molecule has 0 radical (unpaired) electrons. The van der Waals surface area contributed by atoms with Crippen molar-refractivity contribution in [3.63, 3.8) is 0 Å². The van der Waals surface area contributed by atoms with E-state index in [9.17, 15) is 9.59 Å². The first-order valence-electron chi connectivity index (χ1n) is 10.5. The molecule has 0 aliphatic carbocycles. The Hall–Kier alpha value is -3.13. The number of nitrogens with zero attached hydrogens (tertiary/aromatic N) is 1. The highest BCUT2D eigenvalue weighted by atomic mass is 35.5. The van der Waals surface area contributed by atoms with Crippen LogP contribution in [0.1, 0.15) is 35.3 Å². The van der Waals surface area contributed by atoms with Gasteiger partial charge in [-0.1, -0.05) is 11.6 Å². The quantitative estimate of drug-likeness (QED) is 0.533. The summed E-state index contributed by atoms with van der Waals surface area (Å²) in [5.41, 5.74) is 2.23. The number of benzene rings is 2. The van der Waals surface area contributed by atoms with E-state index in [4.69, 9.17) is 35.3 Å². The molecular weight excluding hydrogens is 450 g/mol. The number of rotatable bonds is 8. The van der Waals surface area contributed by atoms with Crippen LogP contribution in [-0.2, 0) is 22.5 Å². The first-order chi connectivity index (χ1) is 15.8. The number of carbonyl (C=O) groups excluding carboxylic acids is 2. The summed E-state index contributed by atoms with van der Waals surface area (Å²) in [7, 11) is 4.61. The minimum Gasteiger partial charge on any atom is -0.493 e. The van der Waals surface area contributed by atoms with E-state index in [1.807, 2.05) is 26.0 Å². The van der Waals surface area contributed by atoms with E-state index < -0.39 is 5.97 Å². The molecular formula is C24H28ClNO7. The summed E-state index contributed by atoms with van der Waals surface area (Å²) in [6, 6.07) is 6.72. The third-order valence-electron chi connectivity index (χ3n) is 5.22. The van der Waals surface area contributed by atoms with Gasteiger partial charge in [0.15, 0.2) is 29.6 Å². The summed E-state index contributed by atoms with van der Waals surface area (Å²) in [5, 5.41) is 0.221. The third kappa shape index (κ3) is 5.63. The molecule has 178 valence electrons. The fraction of sp³-hybridized carbons (Fsp3) is 0.417. The molecule has 1 amide bonds. The average Bonchev–Trinajstić information content (AvgIpc) is 2.81. The summed E-state index contributed by atoms with van der Waals surface area (Å²) < 4.78 is 26.9. The van der Waals surface area contributed by atoms with Crippen LogP contribution >= 0.6 is 11.6 Å². The molecule has 3 rings (SSSR count). The zero-order valence-corrected chi connectivity index (χ0v) is 20.2. The molecule has 33 heavy (non-hydrogen) atoms. The number of hydrogen-bond acceptors (Lipinski definition) is 7. The highest BCUT2D eigenvalue weighted by Gasteiger charge is 2.24. The lowest BCUT2D eigenvalue weighted by atomic mass is 9.99. The second-order valence-electron chi connectivity index (χ2n) is 7.77. The van der Waals surface area contributed by atoms with Crippen molar-refractivity contribution in [3.05, 3.63) is 46.0 Å². The van der Waals surface area contributed by atoms with Crippen LogP contribution in [0.15, 0.2) is 24.3 Å². The maximum Gasteiger partial charge on any atom is 0.338 e. The lowest BCUT2D eigenvalue weighted by Crippen LogP contribution is -2.38. The van der Waals surface area contributed by atoms with Gasteiger partial charge in [0.2, 0.25) is 0 Å². The van der Waals surface area contributed by atoms with Gasteiger partial charge >= 0.3 is 5.97 Å². The van der Waals surface area contributed by atoms with Crippen molar-refractivity contribution in [2.24, 2.45) is 0 Å². The van der Waals surface area contributed by atoms with Gasteiger partial charge in [-0.3, -0.25) is 4.79 Å². The SMILES string of the molecule is COc1cc2c(cc1OC)CN(C(=O)COC(=O)c1cc(Cl)c(OC(C)C)c(OC)c1)CC2. The summed E-state index contributed by atoms with van der Waals surface area (Å²) in [4.78, 5) is 26.9. The van der Waals surface area contributed by atoms with Crippen LogP contribution in [0.4, 0.5) is 0 Å². The van der Waals surface area contributed by atoms with Crippen molar-refractivity contribution in [3.8, 4) is 23.0 Å². The summed E-state index contributed by atoms with van der Waals surface area (Å²) in [6.07, 6.45) is 0.544. The fourth-order valence-corrected chi connectivity index (χ4v) is 3.84. The zero-order chi connectivity index (χ0) is 24.1. The zero-order valence-electron chi connectivity index (χ0n) is 19.4. The molecule has 8 nitrogen and oxygen atoms in total. The van der Waals surface area contributed by atoms with Crippen molar-refractivity contribution in [1.82, 2.24) is 4.90 Å². The Morgan fingerprint density at radius 2 is 1.61 bits per heavy atom. The van der Waals surface area contributed by atoms with E-state index in [0.29, 0.717) is 42.5 Å². The van der Waals surface area contributed by atoms with Crippen LogP contribution in [0.3, 0.4) is 0 Å². The maximum atomic E-state index is 12.7. The summed E-state index contributed by atoms with van der Waals surface area (Å²) in [6.45, 7) is 4.24. The van der Waals surface area contributed by atoms with Crippen LogP contribution in [0.5, 0.6) is 23.0 Å². The van der Waals surface area contributed by atoms with Crippen LogP contribution in [0.2, 0.25) is 5.02 Å². The molecule has 0 unspecified atom stereocenters. The number of fused-ring (bicyclic) bond motifs is 1. The minimum absolute atomic E-state index is 0.123. The van der Waals surface area contributed by atoms with Crippen molar-refractivity contribution in [1.29, 1.82) is 0 Å². The van der Waals surface area contributed by atoms with Gasteiger partial charge in [0.05, 0.1) is 38.0 Å². The van der Waals surface area contributed by atoms with Crippen molar-refractivity contribution in [2.45, 2.75) is 32.9 Å². The monoisotopic (exact) mass is 477 g/mol. The van der Waals surface area contributed by atoms with Gasteiger partial charge < -0.3 is 28.6 Å². The smallest absolute Gasteiger partial charge is 0.338 e. The average molecular weight is 478 g/mol. The third-order valence-corrected chi connectivity index (χ3v) is 5.50. The van der Waals surface area contributed by atoms with Gasteiger partial charge in [0.1, 0.15) is 0 Å². The van der Waals surface area contributed by atoms with Crippen molar-refractivity contribution < 1.29 is 33.3 Å². The highest BCUT2D eigenvalue weighted by Crippen LogP contribution is 2.37. The molecule has 0 spiro atoms. The number of methoxy groups -OCH3 is 3. The number of ether oxygens (including phenoxy) is 5. The number of hydrogen-bond donors (Lipinski definition) is 0. The Labute approximate surface area is 198 Å². The van der Waals surface area contributed by atoms with Crippen LogP contribution < -0.4 is 18.9 Å². The van der Waals surface area contributed by atoms with E-state index in [0.717, 1.165) is 11.1 Å². The summed E-state index contributed by atoms with van der Waals surface area (Å²) in [5.74, 6) is 0.953.